The Morgan fingerprint density at radius 2 is 2.26 bits per heavy atom. The molecule has 19 heavy (non-hydrogen) atoms. The van der Waals surface area contributed by atoms with Crippen LogP contribution in [0.25, 0.3) is 0 Å². The number of aliphatic hydroxyl groups is 1. The number of halogens is 3. The molecule has 1 atom stereocenters. The van der Waals surface area contributed by atoms with E-state index in [0.29, 0.717) is 0 Å². The molecule has 0 aliphatic rings. The summed E-state index contributed by atoms with van der Waals surface area (Å²) in [5.41, 5.74) is -0.147. The van der Waals surface area contributed by atoms with E-state index in [9.17, 15) is 14.3 Å². The monoisotopic (exact) mass is 353 g/mol. The van der Waals surface area contributed by atoms with Crippen molar-refractivity contribution in [1.82, 2.24) is 4.90 Å². The number of amides is 1. The SMILES string of the molecule is COC[C@@H](O)CN(C)C(=O)c1cc(Cl)cc(Br)c1F. The van der Waals surface area contributed by atoms with Gasteiger partial charge in [-0.1, -0.05) is 11.6 Å². The predicted molar refractivity (Wildman–Crippen MR) is 74.0 cm³/mol. The summed E-state index contributed by atoms with van der Waals surface area (Å²) >= 11 is 8.78. The molecule has 0 aliphatic heterocycles. The third kappa shape index (κ3) is 4.42. The van der Waals surface area contributed by atoms with Crippen LogP contribution in [-0.2, 0) is 4.74 Å². The number of methoxy groups -OCH3 is 1. The largest absolute Gasteiger partial charge is 0.389 e. The number of aliphatic hydroxyl groups excluding tert-OH is 1. The Bertz CT molecular complexity index is 473. The Morgan fingerprint density at radius 3 is 2.84 bits per heavy atom. The number of hydrogen-bond donors (Lipinski definition) is 1. The Morgan fingerprint density at radius 1 is 1.63 bits per heavy atom. The van der Waals surface area contributed by atoms with Crippen LogP contribution in [0.3, 0.4) is 0 Å². The van der Waals surface area contributed by atoms with E-state index in [1.54, 1.807) is 0 Å². The van der Waals surface area contributed by atoms with Gasteiger partial charge in [-0.05, 0) is 28.1 Å². The van der Waals surface area contributed by atoms with Crippen molar-refractivity contribution in [1.29, 1.82) is 0 Å². The molecular weight excluding hydrogens is 340 g/mol. The Kier molecular flexibility index (Phi) is 6.19. The summed E-state index contributed by atoms with van der Waals surface area (Å²) in [6, 6.07) is 2.62. The Balaban J connectivity index is 2.88. The molecule has 7 heteroatoms. The average molecular weight is 355 g/mol. The summed E-state index contributed by atoms with van der Waals surface area (Å²) in [6.45, 7) is 0.135. The molecule has 4 nitrogen and oxygen atoms in total. The maximum absolute atomic E-state index is 13.8. The molecule has 1 aromatic rings. The Labute approximate surface area is 124 Å². The highest BCUT2D eigenvalue weighted by molar-refractivity contribution is 9.10. The molecule has 0 heterocycles. The molecule has 1 amide bonds. The van der Waals surface area contributed by atoms with E-state index in [4.69, 9.17) is 16.3 Å². The fourth-order valence-electron chi connectivity index (χ4n) is 1.56. The summed E-state index contributed by atoms with van der Waals surface area (Å²) in [4.78, 5) is 13.3. The van der Waals surface area contributed by atoms with Gasteiger partial charge in [-0.15, -0.1) is 0 Å². The highest BCUT2D eigenvalue weighted by atomic mass is 79.9. The summed E-state index contributed by atoms with van der Waals surface area (Å²) in [5, 5.41) is 9.80. The number of hydrogen-bond acceptors (Lipinski definition) is 3. The average Bonchev–Trinajstić information content (AvgIpc) is 2.33. The van der Waals surface area contributed by atoms with Crippen LogP contribution in [-0.4, -0.2) is 49.3 Å². The van der Waals surface area contributed by atoms with Crippen molar-refractivity contribution in [3.8, 4) is 0 Å². The second-order valence-corrected chi connectivity index (χ2v) is 5.33. The minimum Gasteiger partial charge on any atom is -0.389 e. The minimum atomic E-state index is -0.829. The molecule has 0 spiro atoms. The topological polar surface area (TPSA) is 49.8 Å². The fraction of sp³-hybridized carbons (Fsp3) is 0.417. The van der Waals surface area contributed by atoms with Crippen molar-refractivity contribution in [2.24, 2.45) is 0 Å². The van der Waals surface area contributed by atoms with Gasteiger partial charge in [0.15, 0.2) is 0 Å². The van der Waals surface area contributed by atoms with Crippen LogP contribution in [0.2, 0.25) is 5.02 Å². The number of benzene rings is 1. The summed E-state index contributed by atoms with van der Waals surface area (Å²) < 4.78 is 18.7. The van der Waals surface area contributed by atoms with Crippen LogP contribution in [0, 0.1) is 5.82 Å². The van der Waals surface area contributed by atoms with Crippen LogP contribution in [0.1, 0.15) is 10.4 Å². The molecule has 1 rings (SSSR count). The van der Waals surface area contributed by atoms with Gasteiger partial charge in [-0.3, -0.25) is 4.79 Å². The number of rotatable bonds is 5. The standard InChI is InChI=1S/C12H14BrClFNO3/c1-16(5-8(17)6-19-2)12(18)9-3-7(14)4-10(13)11(9)15/h3-4,8,17H,5-6H2,1-2H3/t8-/m0/s1. The van der Waals surface area contributed by atoms with Gasteiger partial charge >= 0.3 is 0 Å². The molecule has 0 bridgehead atoms. The van der Waals surface area contributed by atoms with E-state index in [1.165, 1.54) is 31.2 Å². The van der Waals surface area contributed by atoms with Gasteiger partial charge in [0.25, 0.3) is 5.91 Å². The quantitative estimate of drug-likeness (QED) is 0.826. The van der Waals surface area contributed by atoms with E-state index < -0.39 is 17.8 Å². The predicted octanol–water partition coefficient (Wildman–Crippen LogP) is 2.32. The molecule has 1 N–H and O–H groups in total. The van der Waals surface area contributed by atoms with Gasteiger partial charge < -0.3 is 14.7 Å². The molecule has 0 unspecified atom stereocenters. The number of carbonyl (C=O) groups excluding carboxylic acids is 1. The smallest absolute Gasteiger partial charge is 0.256 e. The molecule has 0 radical (unpaired) electrons. The molecular formula is C12H14BrClFNO3. The van der Waals surface area contributed by atoms with E-state index in [1.807, 2.05) is 0 Å². The third-order valence-electron chi connectivity index (χ3n) is 2.41. The zero-order chi connectivity index (χ0) is 14.6. The first-order valence-corrected chi connectivity index (χ1v) is 6.61. The van der Waals surface area contributed by atoms with Crippen molar-refractivity contribution in [2.75, 3.05) is 27.3 Å². The number of ether oxygens (including phenoxy) is 1. The lowest BCUT2D eigenvalue weighted by molar-refractivity contribution is 0.0378. The maximum atomic E-state index is 13.8. The summed E-state index contributed by atoms with van der Waals surface area (Å²) in [5.74, 6) is -1.24. The fourth-order valence-corrected chi connectivity index (χ4v) is 2.37. The van der Waals surface area contributed by atoms with Crippen molar-refractivity contribution >= 4 is 33.4 Å². The number of nitrogens with zero attached hydrogens (tertiary/aromatic N) is 1. The lowest BCUT2D eigenvalue weighted by Gasteiger charge is -2.21. The highest BCUT2D eigenvalue weighted by Crippen LogP contribution is 2.25. The second-order valence-electron chi connectivity index (χ2n) is 4.04. The van der Waals surface area contributed by atoms with Gasteiger partial charge in [0.2, 0.25) is 0 Å². The molecule has 0 saturated heterocycles. The van der Waals surface area contributed by atoms with Crippen LogP contribution in [0.4, 0.5) is 4.39 Å². The van der Waals surface area contributed by atoms with Crippen molar-refractivity contribution in [3.63, 3.8) is 0 Å². The van der Waals surface area contributed by atoms with Crippen molar-refractivity contribution in [3.05, 3.63) is 33.0 Å². The molecule has 0 aromatic heterocycles. The first kappa shape index (κ1) is 16.4. The third-order valence-corrected chi connectivity index (χ3v) is 3.21. The van der Waals surface area contributed by atoms with E-state index in [-0.39, 0.29) is 28.2 Å². The van der Waals surface area contributed by atoms with Crippen LogP contribution < -0.4 is 0 Å². The van der Waals surface area contributed by atoms with Crippen molar-refractivity contribution in [2.45, 2.75) is 6.10 Å². The van der Waals surface area contributed by atoms with Crippen LogP contribution >= 0.6 is 27.5 Å². The van der Waals surface area contributed by atoms with E-state index in [0.717, 1.165) is 0 Å². The van der Waals surface area contributed by atoms with Gasteiger partial charge in [-0.2, -0.15) is 0 Å². The second kappa shape index (κ2) is 7.19. The molecule has 0 saturated carbocycles. The van der Waals surface area contributed by atoms with Crippen LogP contribution in [0.15, 0.2) is 16.6 Å². The molecule has 1 aromatic carbocycles. The zero-order valence-electron chi connectivity index (χ0n) is 10.5. The maximum Gasteiger partial charge on any atom is 0.256 e. The Hall–Kier alpha value is -0.690. The summed E-state index contributed by atoms with van der Waals surface area (Å²) in [7, 11) is 2.91. The molecule has 0 aliphatic carbocycles. The van der Waals surface area contributed by atoms with Gasteiger partial charge in [0.05, 0.1) is 22.7 Å². The minimum absolute atomic E-state index is 0.0379. The lowest BCUT2D eigenvalue weighted by atomic mass is 10.2. The number of carbonyl (C=O) groups is 1. The molecule has 0 fully saturated rings. The first-order valence-electron chi connectivity index (χ1n) is 5.43. The lowest BCUT2D eigenvalue weighted by Crippen LogP contribution is -2.36. The number of likely N-dealkylation sites (N-methyl/N-ethyl adjacent to an activating group) is 1. The van der Waals surface area contributed by atoms with Gasteiger partial charge in [-0.25, -0.2) is 4.39 Å². The van der Waals surface area contributed by atoms with Gasteiger partial charge in [0.1, 0.15) is 5.82 Å². The van der Waals surface area contributed by atoms with Gasteiger partial charge in [0, 0.05) is 25.7 Å². The normalized spacial score (nSPS) is 12.3. The zero-order valence-corrected chi connectivity index (χ0v) is 12.8. The van der Waals surface area contributed by atoms with Crippen LogP contribution in [0.5, 0.6) is 0 Å². The highest BCUT2D eigenvalue weighted by Gasteiger charge is 2.20. The molecule has 106 valence electrons. The summed E-state index contributed by atoms with van der Waals surface area (Å²) in [6.07, 6.45) is -0.829. The van der Waals surface area contributed by atoms with E-state index in [2.05, 4.69) is 15.9 Å². The first-order chi connectivity index (χ1) is 8.86. The van der Waals surface area contributed by atoms with Crippen molar-refractivity contribution < 1.29 is 19.0 Å². The van der Waals surface area contributed by atoms with E-state index >= 15 is 0 Å².